The number of amides is 1. The van der Waals surface area contributed by atoms with Crippen LogP contribution in [0, 0.1) is 5.82 Å². The number of rotatable bonds is 8. The molecule has 106 valence electrons. The van der Waals surface area contributed by atoms with E-state index in [4.69, 9.17) is 10.5 Å². The molecule has 1 unspecified atom stereocenters. The van der Waals surface area contributed by atoms with Crippen molar-refractivity contribution in [2.75, 3.05) is 13.7 Å². The van der Waals surface area contributed by atoms with Crippen LogP contribution >= 0.6 is 0 Å². The van der Waals surface area contributed by atoms with Crippen LogP contribution in [0.3, 0.4) is 0 Å². The number of carbonyl (C=O) groups excluding carboxylic acids is 1. The van der Waals surface area contributed by atoms with Gasteiger partial charge in [-0.2, -0.15) is 0 Å². The minimum atomic E-state index is -0.361. The highest BCUT2D eigenvalue weighted by molar-refractivity contribution is 5.73. The van der Waals surface area contributed by atoms with Gasteiger partial charge in [-0.05, 0) is 44.0 Å². The molecule has 0 aliphatic carbocycles. The molecule has 0 aliphatic rings. The Morgan fingerprint density at radius 2 is 2.21 bits per heavy atom. The van der Waals surface area contributed by atoms with E-state index in [1.165, 1.54) is 13.2 Å². The lowest BCUT2D eigenvalue weighted by molar-refractivity contribution is -0.118. The first-order chi connectivity index (χ1) is 9.04. The second kappa shape index (κ2) is 7.74. The van der Waals surface area contributed by atoms with E-state index in [0.29, 0.717) is 6.42 Å². The molecule has 0 spiro atoms. The van der Waals surface area contributed by atoms with E-state index >= 15 is 0 Å². The van der Waals surface area contributed by atoms with Crippen molar-refractivity contribution in [3.05, 3.63) is 29.6 Å². The fourth-order valence-electron chi connectivity index (χ4n) is 1.81. The lowest BCUT2D eigenvalue weighted by Gasteiger charge is -2.15. The van der Waals surface area contributed by atoms with Gasteiger partial charge in [-0.1, -0.05) is 6.07 Å². The number of benzene rings is 1. The van der Waals surface area contributed by atoms with Crippen molar-refractivity contribution in [2.24, 2.45) is 5.73 Å². The van der Waals surface area contributed by atoms with E-state index in [0.717, 1.165) is 24.9 Å². The Hall–Kier alpha value is -1.62. The maximum atomic E-state index is 13.3. The number of hydrogen-bond acceptors (Lipinski definition) is 3. The highest BCUT2D eigenvalue weighted by Gasteiger charge is 2.09. The van der Waals surface area contributed by atoms with Crippen molar-refractivity contribution in [3.8, 4) is 5.75 Å². The molecule has 4 nitrogen and oxygen atoms in total. The topological polar surface area (TPSA) is 64.3 Å². The first-order valence-electron chi connectivity index (χ1n) is 6.39. The Balaban J connectivity index is 2.40. The molecule has 0 aromatic heterocycles. The zero-order valence-electron chi connectivity index (χ0n) is 11.4. The zero-order valence-corrected chi connectivity index (χ0v) is 11.4. The first-order valence-corrected chi connectivity index (χ1v) is 6.39. The average Bonchev–Trinajstić information content (AvgIpc) is 2.38. The molecule has 0 aliphatic heterocycles. The van der Waals surface area contributed by atoms with Crippen molar-refractivity contribution in [3.63, 3.8) is 0 Å². The minimum absolute atomic E-state index is 0.100. The monoisotopic (exact) mass is 268 g/mol. The molecule has 3 N–H and O–H groups in total. The molecule has 1 aromatic carbocycles. The summed E-state index contributed by atoms with van der Waals surface area (Å²) < 4.78 is 18.2. The van der Waals surface area contributed by atoms with E-state index in [1.807, 2.05) is 6.92 Å². The Morgan fingerprint density at radius 3 is 2.84 bits per heavy atom. The number of nitrogens with two attached hydrogens (primary N) is 1. The highest BCUT2D eigenvalue weighted by atomic mass is 19.1. The highest BCUT2D eigenvalue weighted by Crippen LogP contribution is 2.22. The quantitative estimate of drug-likeness (QED) is 0.710. The Morgan fingerprint density at radius 1 is 1.47 bits per heavy atom. The molecule has 0 saturated carbocycles. The van der Waals surface area contributed by atoms with Crippen LogP contribution in [0.25, 0.3) is 0 Å². The largest absolute Gasteiger partial charge is 0.494 e. The van der Waals surface area contributed by atoms with Gasteiger partial charge in [0.15, 0.2) is 11.6 Å². The van der Waals surface area contributed by atoms with Crippen molar-refractivity contribution in [1.29, 1.82) is 0 Å². The number of unbranched alkanes of at least 4 members (excludes halogenated alkanes) is 1. The normalized spacial score (nSPS) is 12.2. The molecule has 1 rings (SSSR count). The van der Waals surface area contributed by atoms with Gasteiger partial charge in [0.2, 0.25) is 5.91 Å². The van der Waals surface area contributed by atoms with E-state index in [1.54, 1.807) is 12.1 Å². The van der Waals surface area contributed by atoms with Crippen LogP contribution < -0.4 is 15.8 Å². The summed E-state index contributed by atoms with van der Waals surface area (Å²) in [6.45, 7) is 2.79. The molecule has 5 heteroatoms. The van der Waals surface area contributed by atoms with E-state index < -0.39 is 0 Å². The third-order valence-corrected chi connectivity index (χ3v) is 2.98. The summed E-state index contributed by atoms with van der Waals surface area (Å²) in [5.74, 6) is -0.379. The van der Waals surface area contributed by atoms with Crippen LogP contribution in [-0.4, -0.2) is 19.6 Å². The summed E-state index contributed by atoms with van der Waals surface area (Å²) in [4.78, 5) is 10.6. The second-order valence-corrected chi connectivity index (χ2v) is 4.49. The number of ether oxygens (including phenoxy) is 1. The number of primary amides is 1. The summed E-state index contributed by atoms with van der Waals surface area (Å²) in [7, 11) is 1.45. The molecule has 1 aromatic rings. The fourth-order valence-corrected chi connectivity index (χ4v) is 1.81. The molecule has 0 bridgehead atoms. The van der Waals surface area contributed by atoms with Gasteiger partial charge in [0.25, 0.3) is 0 Å². The minimum Gasteiger partial charge on any atom is -0.494 e. The number of halogens is 1. The lowest BCUT2D eigenvalue weighted by Crippen LogP contribution is -2.20. The van der Waals surface area contributed by atoms with Crippen molar-refractivity contribution in [2.45, 2.75) is 32.2 Å². The van der Waals surface area contributed by atoms with Gasteiger partial charge in [-0.15, -0.1) is 0 Å². The number of methoxy groups -OCH3 is 1. The van der Waals surface area contributed by atoms with Gasteiger partial charge in [0.1, 0.15) is 0 Å². The molecule has 0 saturated heterocycles. The Labute approximate surface area is 113 Å². The van der Waals surface area contributed by atoms with Crippen LogP contribution in [-0.2, 0) is 4.79 Å². The maximum Gasteiger partial charge on any atom is 0.217 e. The van der Waals surface area contributed by atoms with Gasteiger partial charge in [0.05, 0.1) is 7.11 Å². The van der Waals surface area contributed by atoms with Gasteiger partial charge in [0, 0.05) is 12.5 Å². The molecular weight excluding hydrogens is 247 g/mol. The van der Waals surface area contributed by atoms with Crippen LogP contribution in [0.1, 0.15) is 37.8 Å². The SMILES string of the molecule is COc1cc(C(C)NCCCCC(N)=O)ccc1F. The van der Waals surface area contributed by atoms with E-state index in [9.17, 15) is 9.18 Å². The average molecular weight is 268 g/mol. The third kappa shape index (κ3) is 5.26. The predicted octanol–water partition coefficient (Wildman–Crippen LogP) is 2.14. The third-order valence-electron chi connectivity index (χ3n) is 2.98. The van der Waals surface area contributed by atoms with Gasteiger partial charge >= 0.3 is 0 Å². The van der Waals surface area contributed by atoms with Crippen LogP contribution in [0.5, 0.6) is 5.75 Å². The molecule has 0 heterocycles. The molecule has 1 atom stereocenters. The maximum absolute atomic E-state index is 13.3. The van der Waals surface area contributed by atoms with Gasteiger partial charge < -0.3 is 15.8 Å². The molecular formula is C14H21FN2O2. The van der Waals surface area contributed by atoms with Crippen molar-refractivity contribution in [1.82, 2.24) is 5.32 Å². The van der Waals surface area contributed by atoms with E-state index in [-0.39, 0.29) is 23.5 Å². The summed E-state index contributed by atoms with van der Waals surface area (Å²) in [6.07, 6.45) is 2.08. The van der Waals surface area contributed by atoms with Crippen molar-refractivity contribution >= 4 is 5.91 Å². The Kier molecular flexibility index (Phi) is 6.29. The first kappa shape index (κ1) is 15.4. The van der Waals surface area contributed by atoms with Gasteiger partial charge in [-0.3, -0.25) is 4.79 Å². The van der Waals surface area contributed by atoms with Crippen LogP contribution in [0.4, 0.5) is 4.39 Å². The smallest absolute Gasteiger partial charge is 0.217 e. The molecule has 0 fully saturated rings. The summed E-state index contributed by atoms with van der Waals surface area (Å²) in [5.41, 5.74) is 6.03. The summed E-state index contributed by atoms with van der Waals surface area (Å²) in [6, 6.07) is 4.93. The summed E-state index contributed by atoms with van der Waals surface area (Å²) in [5, 5.41) is 3.31. The van der Waals surface area contributed by atoms with Crippen LogP contribution in [0.15, 0.2) is 18.2 Å². The molecule has 1 amide bonds. The predicted molar refractivity (Wildman–Crippen MR) is 72.4 cm³/mol. The fraction of sp³-hybridized carbons (Fsp3) is 0.500. The number of hydrogen-bond donors (Lipinski definition) is 2. The molecule has 19 heavy (non-hydrogen) atoms. The lowest BCUT2D eigenvalue weighted by atomic mass is 10.1. The summed E-state index contributed by atoms with van der Waals surface area (Å²) >= 11 is 0. The van der Waals surface area contributed by atoms with Gasteiger partial charge in [-0.25, -0.2) is 4.39 Å². The second-order valence-electron chi connectivity index (χ2n) is 4.49. The number of nitrogens with one attached hydrogen (secondary N) is 1. The van der Waals surface area contributed by atoms with E-state index in [2.05, 4.69) is 5.32 Å². The standard InChI is InChI=1S/C14H21FN2O2/c1-10(17-8-4-3-5-14(16)18)11-6-7-12(15)13(9-11)19-2/h6-7,9-10,17H,3-5,8H2,1-2H3,(H2,16,18). The van der Waals surface area contributed by atoms with Crippen LogP contribution in [0.2, 0.25) is 0 Å². The Bertz CT molecular complexity index is 424. The number of carbonyl (C=O) groups is 1. The molecule has 0 radical (unpaired) electrons. The zero-order chi connectivity index (χ0) is 14.3. The van der Waals surface area contributed by atoms with Crippen molar-refractivity contribution < 1.29 is 13.9 Å².